The average Bonchev–Trinajstić information content (AvgIpc) is 2.87. The van der Waals surface area contributed by atoms with E-state index in [1.54, 1.807) is 0 Å². The van der Waals surface area contributed by atoms with Crippen molar-refractivity contribution in [2.75, 3.05) is 13.2 Å². The largest absolute Gasteiger partial charge is 0.465 e. The molecule has 0 amide bonds. The molecular weight excluding hydrogens is 456 g/mol. The van der Waals surface area contributed by atoms with Gasteiger partial charge in [0.05, 0.1) is 19.1 Å². The van der Waals surface area contributed by atoms with Crippen LogP contribution < -0.4 is 0 Å². The number of hydrogen-bond donors (Lipinski definition) is 0. The first kappa shape index (κ1) is 32.2. The summed E-state index contributed by atoms with van der Waals surface area (Å²) in [5, 5.41) is 0. The second-order valence-corrected chi connectivity index (χ2v) is 10.8. The van der Waals surface area contributed by atoms with E-state index in [4.69, 9.17) is 14.2 Å². The Kier molecular flexibility index (Phi) is 16.4. The number of rotatable bonds is 19. The number of carbonyl (C=O) groups excluding carboxylic acids is 3. The van der Waals surface area contributed by atoms with E-state index in [2.05, 4.69) is 34.3 Å². The summed E-state index contributed by atoms with van der Waals surface area (Å²) in [4.78, 5) is 38.2. The molecule has 0 aliphatic heterocycles. The predicted molar refractivity (Wildman–Crippen MR) is 143 cm³/mol. The summed E-state index contributed by atoms with van der Waals surface area (Å²) in [6, 6.07) is 0. The van der Waals surface area contributed by atoms with Gasteiger partial charge in [0.1, 0.15) is 0 Å². The van der Waals surface area contributed by atoms with Crippen molar-refractivity contribution in [2.24, 2.45) is 17.8 Å². The Hall–Kier alpha value is -1.85. The zero-order chi connectivity index (χ0) is 26.8. The van der Waals surface area contributed by atoms with E-state index >= 15 is 0 Å². The highest BCUT2D eigenvalue weighted by Crippen LogP contribution is 2.38. The minimum Gasteiger partial charge on any atom is -0.465 e. The van der Waals surface area contributed by atoms with Gasteiger partial charge in [-0.05, 0) is 43.9 Å². The monoisotopic (exact) mass is 508 g/mol. The molecule has 1 fully saturated rings. The lowest BCUT2D eigenvalue weighted by molar-refractivity contribution is -0.188. The SMILES string of the molecule is C=CC(=O)OC1(C(=O)OCCCCCCCCC)CCCC(C(=O)OCC(CCCCC)C(C)C)C1. The molecule has 1 saturated carbocycles. The molecule has 6 heteroatoms. The standard InChI is InChI=1S/C30H52O6/c1-6-9-11-12-13-14-16-21-34-29(33)30(36-27(31)8-3)20-17-19-25(22-30)28(32)35-23-26(24(4)5)18-15-10-7-2/h8,24-26H,3,6-7,9-23H2,1-2,4-5H3. The third-order valence-electron chi connectivity index (χ3n) is 7.42. The van der Waals surface area contributed by atoms with Crippen LogP contribution in [0.3, 0.4) is 0 Å². The molecule has 0 N–H and O–H groups in total. The lowest BCUT2D eigenvalue weighted by atomic mass is 9.77. The molecule has 0 aromatic rings. The van der Waals surface area contributed by atoms with Gasteiger partial charge < -0.3 is 14.2 Å². The van der Waals surface area contributed by atoms with Crippen LogP contribution in [0.4, 0.5) is 0 Å². The van der Waals surface area contributed by atoms with Crippen LogP contribution in [0.25, 0.3) is 0 Å². The Morgan fingerprint density at radius 1 is 0.944 bits per heavy atom. The van der Waals surface area contributed by atoms with Gasteiger partial charge in [0.15, 0.2) is 0 Å². The first-order valence-electron chi connectivity index (χ1n) is 14.5. The molecule has 36 heavy (non-hydrogen) atoms. The van der Waals surface area contributed by atoms with Gasteiger partial charge in [-0.2, -0.15) is 0 Å². The fraction of sp³-hybridized carbons (Fsp3) is 0.833. The molecule has 6 nitrogen and oxygen atoms in total. The molecule has 0 saturated heterocycles. The third kappa shape index (κ3) is 11.9. The molecule has 0 aromatic heterocycles. The van der Waals surface area contributed by atoms with Gasteiger partial charge in [-0.1, -0.05) is 92.1 Å². The third-order valence-corrected chi connectivity index (χ3v) is 7.42. The summed E-state index contributed by atoms with van der Waals surface area (Å²) in [5.74, 6) is -1.29. The Balaban J connectivity index is 2.69. The fourth-order valence-electron chi connectivity index (χ4n) is 4.92. The zero-order valence-electron chi connectivity index (χ0n) is 23.5. The van der Waals surface area contributed by atoms with Gasteiger partial charge in [-0.15, -0.1) is 0 Å². The number of esters is 3. The van der Waals surface area contributed by atoms with Crippen LogP contribution in [-0.4, -0.2) is 36.7 Å². The molecule has 1 aliphatic carbocycles. The van der Waals surface area contributed by atoms with Crippen LogP contribution >= 0.6 is 0 Å². The fourth-order valence-corrected chi connectivity index (χ4v) is 4.92. The van der Waals surface area contributed by atoms with Crippen molar-refractivity contribution in [2.45, 2.75) is 130 Å². The Morgan fingerprint density at radius 2 is 1.58 bits per heavy atom. The maximum atomic E-state index is 13.1. The molecule has 0 spiro atoms. The Labute approximate surface area is 219 Å². The summed E-state index contributed by atoms with van der Waals surface area (Å²) in [7, 11) is 0. The van der Waals surface area contributed by atoms with E-state index in [1.165, 1.54) is 32.1 Å². The molecule has 0 bridgehead atoms. The summed E-state index contributed by atoms with van der Waals surface area (Å²) < 4.78 is 16.9. The second-order valence-electron chi connectivity index (χ2n) is 10.8. The average molecular weight is 509 g/mol. The van der Waals surface area contributed by atoms with Gasteiger partial charge in [0, 0.05) is 12.5 Å². The van der Waals surface area contributed by atoms with Crippen LogP contribution in [0.5, 0.6) is 0 Å². The number of carbonyl (C=O) groups is 3. The Morgan fingerprint density at radius 3 is 2.22 bits per heavy atom. The van der Waals surface area contributed by atoms with E-state index < -0.39 is 23.5 Å². The highest BCUT2D eigenvalue weighted by atomic mass is 16.6. The van der Waals surface area contributed by atoms with Crippen molar-refractivity contribution >= 4 is 17.9 Å². The minimum absolute atomic E-state index is 0.101. The molecule has 208 valence electrons. The smallest absolute Gasteiger partial charge is 0.350 e. The normalized spacial score (nSPS) is 20.5. The number of unbranched alkanes of at least 4 members (excludes halogenated alkanes) is 8. The first-order valence-corrected chi connectivity index (χ1v) is 14.5. The van der Waals surface area contributed by atoms with Crippen molar-refractivity contribution in [3.8, 4) is 0 Å². The highest BCUT2D eigenvalue weighted by molar-refractivity contribution is 5.88. The summed E-state index contributed by atoms with van der Waals surface area (Å²) >= 11 is 0. The molecule has 1 aliphatic rings. The van der Waals surface area contributed by atoms with Gasteiger partial charge in [-0.25, -0.2) is 9.59 Å². The topological polar surface area (TPSA) is 78.9 Å². The minimum atomic E-state index is -1.45. The van der Waals surface area contributed by atoms with Crippen LogP contribution in [-0.2, 0) is 28.6 Å². The molecule has 3 atom stereocenters. The molecule has 0 heterocycles. The Bertz CT molecular complexity index is 658. The van der Waals surface area contributed by atoms with Gasteiger partial charge >= 0.3 is 17.9 Å². The number of hydrogen-bond acceptors (Lipinski definition) is 6. The molecule has 0 radical (unpaired) electrons. The van der Waals surface area contributed by atoms with Crippen molar-refractivity contribution < 1.29 is 28.6 Å². The van der Waals surface area contributed by atoms with Crippen molar-refractivity contribution in [1.29, 1.82) is 0 Å². The molecule has 3 unspecified atom stereocenters. The quantitative estimate of drug-likeness (QED) is 0.0786. The maximum absolute atomic E-state index is 13.1. The van der Waals surface area contributed by atoms with E-state index in [0.717, 1.165) is 44.6 Å². The van der Waals surface area contributed by atoms with Crippen molar-refractivity contribution in [3.63, 3.8) is 0 Å². The predicted octanol–water partition coefficient (Wildman–Crippen LogP) is 7.33. The summed E-state index contributed by atoms with van der Waals surface area (Å²) in [6.07, 6.45) is 15.0. The summed E-state index contributed by atoms with van der Waals surface area (Å²) in [5.41, 5.74) is -1.45. The zero-order valence-corrected chi connectivity index (χ0v) is 23.5. The summed E-state index contributed by atoms with van der Waals surface area (Å²) in [6.45, 7) is 12.8. The van der Waals surface area contributed by atoms with Gasteiger partial charge in [-0.3, -0.25) is 4.79 Å². The van der Waals surface area contributed by atoms with Gasteiger partial charge in [0.2, 0.25) is 5.60 Å². The lowest BCUT2D eigenvalue weighted by Crippen LogP contribution is -2.49. The first-order chi connectivity index (χ1) is 17.3. The molecule has 1 rings (SSSR count). The van der Waals surface area contributed by atoms with Crippen LogP contribution in [0.2, 0.25) is 0 Å². The number of ether oxygens (including phenoxy) is 3. The van der Waals surface area contributed by atoms with Crippen molar-refractivity contribution in [1.82, 2.24) is 0 Å². The molecule has 0 aromatic carbocycles. The van der Waals surface area contributed by atoms with Gasteiger partial charge in [0.25, 0.3) is 0 Å². The van der Waals surface area contributed by atoms with Crippen LogP contribution in [0, 0.1) is 17.8 Å². The second kappa shape index (κ2) is 18.4. The van der Waals surface area contributed by atoms with E-state index in [9.17, 15) is 14.4 Å². The highest BCUT2D eigenvalue weighted by Gasteiger charge is 2.49. The van der Waals surface area contributed by atoms with E-state index in [0.29, 0.717) is 44.3 Å². The van der Waals surface area contributed by atoms with E-state index in [-0.39, 0.29) is 12.4 Å². The molecular formula is C30H52O6. The van der Waals surface area contributed by atoms with E-state index in [1.807, 2.05) is 0 Å². The maximum Gasteiger partial charge on any atom is 0.350 e. The van der Waals surface area contributed by atoms with Crippen molar-refractivity contribution in [3.05, 3.63) is 12.7 Å². The lowest BCUT2D eigenvalue weighted by Gasteiger charge is -2.37. The van der Waals surface area contributed by atoms with Crippen LogP contribution in [0.1, 0.15) is 124 Å². The van der Waals surface area contributed by atoms with Crippen LogP contribution in [0.15, 0.2) is 12.7 Å².